The van der Waals surface area contributed by atoms with Crippen molar-refractivity contribution in [3.05, 3.63) is 89.3 Å². The van der Waals surface area contributed by atoms with Gasteiger partial charge in [-0.15, -0.1) is 0 Å². The molecule has 4 aromatic rings. The fourth-order valence-corrected chi connectivity index (χ4v) is 3.52. The highest BCUT2D eigenvalue weighted by molar-refractivity contribution is 5.47. The number of hydrogen-bond donors (Lipinski definition) is 1. The molecule has 0 saturated heterocycles. The van der Waals surface area contributed by atoms with Gasteiger partial charge in [-0.05, 0) is 49.2 Å². The molecule has 7 nitrogen and oxygen atoms in total. The maximum atomic E-state index is 5.24. The molecule has 154 valence electrons. The number of hydrogen-bond acceptors (Lipinski definition) is 5. The average Bonchev–Trinajstić information content (AvgIpc) is 3.35. The van der Waals surface area contributed by atoms with Gasteiger partial charge in [0, 0.05) is 23.5 Å². The van der Waals surface area contributed by atoms with Gasteiger partial charge in [-0.1, -0.05) is 24.3 Å². The molecule has 30 heavy (non-hydrogen) atoms. The first-order chi connectivity index (χ1) is 14.6. The van der Waals surface area contributed by atoms with E-state index < -0.39 is 0 Å². The van der Waals surface area contributed by atoms with E-state index in [9.17, 15) is 0 Å². The lowest BCUT2D eigenvalue weighted by molar-refractivity contribution is 0.414. The SMILES string of the molecule is COc1ccc(Cn2nc(C)c(CNc3cccc(Cn4cncn4)c3)c2C)cc1. The van der Waals surface area contributed by atoms with Crippen LogP contribution in [0.5, 0.6) is 5.75 Å². The summed E-state index contributed by atoms with van der Waals surface area (Å²) in [6.07, 6.45) is 3.28. The number of nitrogens with one attached hydrogen (secondary N) is 1. The lowest BCUT2D eigenvalue weighted by atomic mass is 10.1. The van der Waals surface area contributed by atoms with Crippen molar-refractivity contribution in [2.24, 2.45) is 0 Å². The van der Waals surface area contributed by atoms with Gasteiger partial charge in [0.25, 0.3) is 0 Å². The van der Waals surface area contributed by atoms with Gasteiger partial charge < -0.3 is 10.1 Å². The van der Waals surface area contributed by atoms with E-state index in [1.165, 1.54) is 22.4 Å². The fourth-order valence-electron chi connectivity index (χ4n) is 3.52. The van der Waals surface area contributed by atoms with Crippen molar-refractivity contribution in [2.45, 2.75) is 33.5 Å². The minimum atomic E-state index is 0.702. The maximum Gasteiger partial charge on any atom is 0.137 e. The van der Waals surface area contributed by atoms with Gasteiger partial charge in [0.05, 0.1) is 25.9 Å². The van der Waals surface area contributed by atoms with Crippen LogP contribution in [0.1, 0.15) is 28.1 Å². The highest BCUT2D eigenvalue weighted by atomic mass is 16.5. The quantitative estimate of drug-likeness (QED) is 0.485. The Morgan fingerprint density at radius 3 is 2.57 bits per heavy atom. The summed E-state index contributed by atoms with van der Waals surface area (Å²) in [5.41, 5.74) is 6.90. The van der Waals surface area contributed by atoms with Crippen LogP contribution in [0.25, 0.3) is 0 Å². The van der Waals surface area contributed by atoms with Crippen molar-refractivity contribution >= 4 is 5.69 Å². The van der Waals surface area contributed by atoms with E-state index in [4.69, 9.17) is 9.84 Å². The van der Waals surface area contributed by atoms with E-state index in [2.05, 4.69) is 70.3 Å². The summed E-state index contributed by atoms with van der Waals surface area (Å²) in [5.74, 6) is 0.864. The van der Waals surface area contributed by atoms with Crippen molar-refractivity contribution in [2.75, 3.05) is 12.4 Å². The summed E-state index contributed by atoms with van der Waals surface area (Å²) in [4.78, 5) is 4.00. The molecule has 0 saturated carbocycles. The Labute approximate surface area is 176 Å². The molecule has 2 heterocycles. The highest BCUT2D eigenvalue weighted by Crippen LogP contribution is 2.19. The zero-order chi connectivity index (χ0) is 20.9. The Bertz CT molecular complexity index is 1100. The minimum Gasteiger partial charge on any atom is -0.497 e. The molecule has 1 N–H and O–H groups in total. The second-order valence-electron chi connectivity index (χ2n) is 7.30. The normalized spacial score (nSPS) is 10.9. The lowest BCUT2D eigenvalue weighted by Crippen LogP contribution is -2.06. The van der Waals surface area contributed by atoms with Gasteiger partial charge in [-0.2, -0.15) is 10.2 Å². The summed E-state index contributed by atoms with van der Waals surface area (Å²) in [6, 6.07) is 16.5. The fraction of sp³-hybridized carbons (Fsp3) is 0.261. The number of methoxy groups -OCH3 is 1. The van der Waals surface area contributed by atoms with Gasteiger partial charge in [0.1, 0.15) is 18.4 Å². The monoisotopic (exact) mass is 402 g/mol. The van der Waals surface area contributed by atoms with Crippen LogP contribution in [0, 0.1) is 13.8 Å². The molecule has 0 aliphatic carbocycles. The van der Waals surface area contributed by atoms with Crippen molar-refractivity contribution in [3.8, 4) is 5.75 Å². The van der Waals surface area contributed by atoms with Crippen LogP contribution in [0.3, 0.4) is 0 Å². The molecular weight excluding hydrogens is 376 g/mol. The number of ether oxygens (including phenoxy) is 1. The number of nitrogens with zero attached hydrogens (tertiary/aromatic N) is 5. The maximum absolute atomic E-state index is 5.24. The van der Waals surface area contributed by atoms with Crippen molar-refractivity contribution in [1.82, 2.24) is 24.5 Å². The lowest BCUT2D eigenvalue weighted by Gasteiger charge is -2.10. The summed E-state index contributed by atoms with van der Waals surface area (Å²) in [5, 5.41) is 12.5. The Balaban J connectivity index is 1.43. The zero-order valence-electron chi connectivity index (χ0n) is 17.5. The van der Waals surface area contributed by atoms with E-state index >= 15 is 0 Å². The second-order valence-corrected chi connectivity index (χ2v) is 7.30. The molecule has 0 spiro atoms. The number of aryl methyl sites for hydroxylation is 1. The third-order valence-electron chi connectivity index (χ3n) is 5.23. The summed E-state index contributed by atoms with van der Waals surface area (Å²) < 4.78 is 9.12. The van der Waals surface area contributed by atoms with Crippen LogP contribution in [0.15, 0.2) is 61.2 Å². The first kappa shape index (κ1) is 19.7. The largest absolute Gasteiger partial charge is 0.497 e. The summed E-state index contributed by atoms with van der Waals surface area (Å²) in [6.45, 7) is 6.36. The molecule has 7 heteroatoms. The first-order valence-electron chi connectivity index (χ1n) is 9.93. The second kappa shape index (κ2) is 8.82. The van der Waals surface area contributed by atoms with E-state index in [0.717, 1.165) is 30.2 Å². The van der Waals surface area contributed by atoms with Crippen LogP contribution in [0.2, 0.25) is 0 Å². The Morgan fingerprint density at radius 2 is 1.83 bits per heavy atom. The standard InChI is InChI=1S/C23H26N6O/c1-17-23(18(2)29(27-17)14-19-7-9-22(30-3)10-8-19)12-25-21-6-4-5-20(11-21)13-28-16-24-15-26-28/h4-11,15-16,25H,12-14H2,1-3H3. The molecule has 2 aromatic heterocycles. The molecule has 0 bridgehead atoms. The smallest absolute Gasteiger partial charge is 0.137 e. The molecule has 0 fully saturated rings. The molecule has 0 radical (unpaired) electrons. The van der Waals surface area contributed by atoms with E-state index in [1.54, 1.807) is 19.8 Å². The predicted octanol–water partition coefficient (Wildman–Crippen LogP) is 3.81. The van der Waals surface area contributed by atoms with Crippen molar-refractivity contribution in [3.63, 3.8) is 0 Å². The topological polar surface area (TPSA) is 69.8 Å². The molecular formula is C23H26N6O. The van der Waals surface area contributed by atoms with Gasteiger partial charge in [-0.3, -0.25) is 4.68 Å². The minimum absolute atomic E-state index is 0.702. The van der Waals surface area contributed by atoms with Crippen LogP contribution in [0.4, 0.5) is 5.69 Å². The third kappa shape index (κ3) is 4.51. The van der Waals surface area contributed by atoms with Crippen LogP contribution in [-0.2, 0) is 19.6 Å². The van der Waals surface area contributed by atoms with Gasteiger partial charge >= 0.3 is 0 Å². The van der Waals surface area contributed by atoms with E-state index in [0.29, 0.717) is 6.54 Å². The van der Waals surface area contributed by atoms with Gasteiger partial charge in [0.2, 0.25) is 0 Å². The predicted molar refractivity (Wildman–Crippen MR) is 117 cm³/mol. The number of rotatable bonds is 8. The molecule has 0 unspecified atom stereocenters. The number of anilines is 1. The van der Waals surface area contributed by atoms with Crippen molar-refractivity contribution < 1.29 is 4.74 Å². The molecule has 2 aromatic carbocycles. The number of aromatic nitrogens is 5. The van der Waals surface area contributed by atoms with E-state index in [-0.39, 0.29) is 0 Å². The molecule has 0 aliphatic rings. The molecule has 4 rings (SSSR count). The average molecular weight is 403 g/mol. The first-order valence-corrected chi connectivity index (χ1v) is 9.93. The van der Waals surface area contributed by atoms with Crippen LogP contribution >= 0.6 is 0 Å². The Hall–Kier alpha value is -3.61. The Kier molecular flexibility index (Phi) is 5.79. The third-order valence-corrected chi connectivity index (χ3v) is 5.23. The van der Waals surface area contributed by atoms with Gasteiger partial charge in [0.15, 0.2) is 0 Å². The van der Waals surface area contributed by atoms with Gasteiger partial charge in [-0.25, -0.2) is 9.67 Å². The number of benzene rings is 2. The van der Waals surface area contributed by atoms with Crippen molar-refractivity contribution in [1.29, 1.82) is 0 Å². The Morgan fingerprint density at radius 1 is 1.00 bits per heavy atom. The molecule has 0 aliphatic heterocycles. The van der Waals surface area contributed by atoms with Crippen LogP contribution in [-0.4, -0.2) is 31.7 Å². The van der Waals surface area contributed by atoms with Crippen LogP contribution < -0.4 is 10.1 Å². The summed E-state index contributed by atoms with van der Waals surface area (Å²) >= 11 is 0. The summed E-state index contributed by atoms with van der Waals surface area (Å²) in [7, 11) is 1.68. The molecule has 0 amide bonds. The zero-order valence-corrected chi connectivity index (χ0v) is 17.5. The van der Waals surface area contributed by atoms with E-state index in [1.807, 2.05) is 16.8 Å². The highest BCUT2D eigenvalue weighted by Gasteiger charge is 2.12. The molecule has 0 atom stereocenters.